The lowest BCUT2D eigenvalue weighted by atomic mass is 10.2. The molecule has 5 nitrogen and oxygen atoms in total. The fraction of sp³-hybridized carbons (Fsp3) is 0.136. The average molecular weight is 388 g/mol. The number of carbonyl (C=O) groups excluding carboxylic acids is 1. The lowest BCUT2D eigenvalue weighted by Crippen LogP contribution is -2.23. The van der Waals surface area contributed by atoms with Crippen LogP contribution in [0.1, 0.15) is 16.1 Å². The molecule has 0 saturated carbocycles. The van der Waals surface area contributed by atoms with Gasteiger partial charge in [0, 0.05) is 24.9 Å². The van der Waals surface area contributed by atoms with Crippen molar-refractivity contribution in [1.82, 2.24) is 19.7 Å². The van der Waals surface area contributed by atoms with Gasteiger partial charge in [-0.2, -0.15) is 5.10 Å². The lowest BCUT2D eigenvalue weighted by molar-refractivity contribution is -0.125. The fourth-order valence-corrected chi connectivity index (χ4v) is 3.91. The summed E-state index contributed by atoms with van der Waals surface area (Å²) in [5.41, 5.74) is 3.06. The van der Waals surface area contributed by atoms with Crippen LogP contribution in [0.3, 0.4) is 0 Å². The van der Waals surface area contributed by atoms with Gasteiger partial charge in [0.15, 0.2) is 0 Å². The summed E-state index contributed by atoms with van der Waals surface area (Å²) in [6.07, 6.45) is 7.08. The maximum absolute atomic E-state index is 12.4. The predicted molar refractivity (Wildman–Crippen MR) is 113 cm³/mol. The molecule has 6 heteroatoms. The van der Waals surface area contributed by atoms with E-state index in [4.69, 9.17) is 0 Å². The lowest BCUT2D eigenvalue weighted by Gasteiger charge is -2.12. The fourth-order valence-electron chi connectivity index (χ4n) is 2.89. The van der Waals surface area contributed by atoms with E-state index in [9.17, 15) is 4.79 Å². The van der Waals surface area contributed by atoms with Gasteiger partial charge in [0.2, 0.25) is 5.91 Å². The number of rotatable bonds is 6. The molecule has 0 spiro atoms. The zero-order valence-corrected chi connectivity index (χ0v) is 16.3. The summed E-state index contributed by atoms with van der Waals surface area (Å²) in [6.45, 7) is 1.20. The van der Waals surface area contributed by atoms with Gasteiger partial charge in [-0.15, -0.1) is 11.3 Å². The van der Waals surface area contributed by atoms with Gasteiger partial charge in [0.1, 0.15) is 5.01 Å². The first-order chi connectivity index (χ1) is 13.7. The van der Waals surface area contributed by atoms with Crippen molar-refractivity contribution < 1.29 is 4.79 Å². The van der Waals surface area contributed by atoms with Crippen molar-refractivity contribution in [2.24, 2.45) is 0 Å². The molecule has 1 amide bonds. The Balaban J connectivity index is 1.36. The Morgan fingerprint density at radius 1 is 1.14 bits per heavy atom. The van der Waals surface area contributed by atoms with E-state index in [0.717, 1.165) is 20.8 Å². The third-order valence-corrected chi connectivity index (χ3v) is 5.37. The minimum absolute atomic E-state index is 0.0601. The molecule has 0 saturated heterocycles. The third kappa shape index (κ3) is 4.35. The van der Waals surface area contributed by atoms with Crippen molar-refractivity contribution in [3.8, 4) is 0 Å². The molecule has 4 rings (SSSR count). The number of hydrogen-bond acceptors (Lipinski definition) is 4. The molecule has 4 aromatic rings. The number of likely N-dealkylation sites (N-methyl/N-ethyl adjacent to an activating group) is 1. The van der Waals surface area contributed by atoms with Crippen LogP contribution in [0.25, 0.3) is 16.3 Å². The quantitative estimate of drug-likeness (QED) is 0.465. The van der Waals surface area contributed by atoms with E-state index >= 15 is 0 Å². The van der Waals surface area contributed by atoms with Crippen LogP contribution in [0.2, 0.25) is 0 Å². The van der Waals surface area contributed by atoms with Gasteiger partial charge in [-0.1, -0.05) is 42.5 Å². The molecule has 0 N–H and O–H groups in total. The minimum atomic E-state index is -0.0601. The first kappa shape index (κ1) is 18.1. The molecule has 140 valence electrons. The summed E-state index contributed by atoms with van der Waals surface area (Å²) < 4.78 is 3.00. The first-order valence-electron chi connectivity index (χ1n) is 9.01. The van der Waals surface area contributed by atoms with Gasteiger partial charge in [-0.05, 0) is 23.8 Å². The number of amides is 1. The maximum Gasteiger partial charge on any atom is 0.246 e. The summed E-state index contributed by atoms with van der Waals surface area (Å²) in [7, 11) is 1.79. The largest absolute Gasteiger partial charge is 0.335 e. The van der Waals surface area contributed by atoms with Crippen molar-refractivity contribution in [2.45, 2.75) is 13.1 Å². The highest BCUT2D eigenvalue weighted by Crippen LogP contribution is 2.22. The topological polar surface area (TPSA) is 51.0 Å². The Bertz CT molecular complexity index is 1080. The van der Waals surface area contributed by atoms with Crippen LogP contribution in [0.4, 0.5) is 0 Å². The van der Waals surface area contributed by atoms with E-state index in [1.165, 1.54) is 5.56 Å². The van der Waals surface area contributed by atoms with Crippen molar-refractivity contribution >= 4 is 33.5 Å². The van der Waals surface area contributed by atoms with Crippen LogP contribution in [-0.2, 0) is 17.9 Å². The summed E-state index contributed by atoms with van der Waals surface area (Å²) in [6, 6.07) is 18.2. The van der Waals surface area contributed by atoms with Gasteiger partial charge in [0.05, 0.1) is 29.5 Å². The van der Waals surface area contributed by atoms with Crippen LogP contribution < -0.4 is 0 Å². The van der Waals surface area contributed by atoms with E-state index in [1.807, 2.05) is 53.3 Å². The summed E-state index contributed by atoms with van der Waals surface area (Å²) >= 11 is 1.62. The highest BCUT2D eigenvalue weighted by molar-refractivity contribution is 7.18. The van der Waals surface area contributed by atoms with E-state index in [-0.39, 0.29) is 5.91 Å². The number of nitrogens with zero attached hydrogens (tertiary/aromatic N) is 4. The Kier molecular flexibility index (Phi) is 5.30. The first-order valence-corrected chi connectivity index (χ1v) is 9.83. The van der Waals surface area contributed by atoms with E-state index in [1.54, 1.807) is 41.6 Å². The second-order valence-electron chi connectivity index (χ2n) is 6.56. The Hall–Kier alpha value is -3.25. The van der Waals surface area contributed by atoms with Crippen LogP contribution in [-0.4, -0.2) is 32.6 Å². The third-order valence-electron chi connectivity index (χ3n) is 4.35. The van der Waals surface area contributed by atoms with Gasteiger partial charge >= 0.3 is 0 Å². The molecule has 28 heavy (non-hydrogen) atoms. The van der Waals surface area contributed by atoms with Crippen molar-refractivity contribution in [3.63, 3.8) is 0 Å². The molecular weight excluding hydrogens is 368 g/mol. The van der Waals surface area contributed by atoms with Gasteiger partial charge in [-0.3, -0.25) is 9.48 Å². The number of carbonyl (C=O) groups is 1. The highest BCUT2D eigenvalue weighted by Gasteiger charge is 2.10. The maximum atomic E-state index is 12.4. The Morgan fingerprint density at radius 3 is 2.75 bits per heavy atom. The molecule has 0 fully saturated rings. The number of benzene rings is 2. The molecule has 0 radical (unpaired) electrons. The molecule has 0 aliphatic carbocycles. The molecule has 0 aliphatic rings. The summed E-state index contributed by atoms with van der Waals surface area (Å²) in [5, 5.41) is 5.29. The molecule has 0 aliphatic heterocycles. The van der Waals surface area contributed by atoms with E-state index in [0.29, 0.717) is 13.1 Å². The smallest absolute Gasteiger partial charge is 0.246 e. The van der Waals surface area contributed by atoms with Crippen LogP contribution in [0.5, 0.6) is 0 Å². The second-order valence-corrected chi connectivity index (χ2v) is 7.68. The number of thiazole rings is 1. The number of fused-ring (bicyclic) bond motifs is 1. The van der Waals surface area contributed by atoms with Gasteiger partial charge in [-0.25, -0.2) is 4.98 Å². The molecule has 2 aromatic heterocycles. The van der Waals surface area contributed by atoms with Crippen molar-refractivity contribution in [3.05, 3.63) is 89.2 Å². The van der Waals surface area contributed by atoms with E-state index in [2.05, 4.69) is 22.2 Å². The predicted octanol–water partition coefficient (Wildman–Crippen LogP) is 4.21. The molecule has 2 aromatic carbocycles. The zero-order valence-electron chi connectivity index (χ0n) is 15.5. The SMILES string of the molecule is CN(Cc1nc2ccccc2s1)C(=O)/C=C/c1cnn(Cc2ccccc2)c1. The number of aromatic nitrogens is 3. The van der Waals surface area contributed by atoms with Crippen LogP contribution in [0.15, 0.2) is 73.1 Å². The van der Waals surface area contributed by atoms with E-state index < -0.39 is 0 Å². The average Bonchev–Trinajstić information content (AvgIpc) is 3.32. The monoisotopic (exact) mass is 388 g/mol. The Labute approximate surface area is 167 Å². The van der Waals surface area contributed by atoms with Crippen molar-refractivity contribution in [1.29, 1.82) is 0 Å². The highest BCUT2D eigenvalue weighted by atomic mass is 32.1. The standard InChI is InChI=1S/C22H20N4OS/c1-25(16-21-24-19-9-5-6-10-20(19)28-21)22(27)12-11-18-13-23-26(15-18)14-17-7-3-2-4-8-17/h2-13,15H,14,16H2,1H3/b12-11+. The van der Waals surface area contributed by atoms with Gasteiger partial charge < -0.3 is 4.90 Å². The zero-order chi connectivity index (χ0) is 19.3. The normalized spacial score (nSPS) is 11.3. The summed E-state index contributed by atoms with van der Waals surface area (Å²) in [4.78, 5) is 18.7. The number of hydrogen-bond donors (Lipinski definition) is 0. The van der Waals surface area contributed by atoms with Crippen LogP contribution in [0, 0.1) is 0 Å². The number of para-hydroxylation sites is 1. The second kappa shape index (κ2) is 8.19. The van der Waals surface area contributed by atoms with Gasteiger partial charge in [0.25, 0.3) is 0 Å². The summed E-state index contributed by atoms with van der Waals surface area (Å²) in [5.74, 6) is -0.0601. The molecule has 0 bridgehead atoms. The molecule has 0 unspecified atom stereocenters. The molecule has 0 atom stereocenters. The molecule has 2 heterocycles. The minimum Gasteiger partial charge on any atom is -0.335 e. The Morgan fingerprint density at radius 2 is 1.93 bits per heavy atom. The van der Waals surface area contributed by atoms with Crippen LogP contribution >= 0.6 is 11.3 Å². The van der Waals surface area contributed by atoms with Crippen molar-refractivity contribution in [2.75, 3.05) is 7.05 Å². The molecular formula is C22H20N4OS.